The zero-order valence-corrected chi connectivity index (χ0v) is 13.1. The van der Waals surface area contributed by atoms with Crippen molar-refractivity contribution >= 4 is 17.6 Å². The number of carbonyl (C=O) groups is 1. The van der Waals surface area contributed by atoms with Crippen LogP contribution in [0.3, 0.4) is 0 Å². The standard InChI is InChI=1S/C18H19ClN2O/c19-16-8-6-14(7-9-16)10-13-20-17(22)21-18(11-12-18)15-4-2-1-3-5-15/h1-9H,10-13H2,(H2,20,21,22). The maximum Gasteiger partial charge on any atom is 0.315 e. The van der Waals surface area contributed by atoms with Crippen molar-refractivity contribution in [3.8, 4) is 0 Å². The largest absolute Gasteiger partial charge is 0.338 e. The molecule has 2 aromatic rings. The van der Waals surface area contributed by atoms with Crippen LogP contribution < -0.4 is 10.6 Å². The van der Waals surface area contributed by atoms with Gasteiger partial charge in [0.2, 0.25) is 0 Å². The van der Waals surface area contributed by atoms with Gasteiger partial charge in [-0.25, -0.2) is 4.79 Å². The third kappa shape index (κ3) is 3.60. The molecule has 0 radical (unpaired) electrons. The van der Waals surface area contributed by atoms with Crippen LogP contribution in [0.2, 0.25) is 5.02 Å². The molecule has 0 aliphatic heterocycles. The molecule has 114 valence electrons. The Kier molecular flexibility index (Phi) is 4.34. The van der Waals surface area contributed by atoms with E-state index in [1.165, 1.54) is 5.56 Å². The fourth-order valence-electron chi connectivity index (χ4n) is 2.60. The average molecular weight is 315 g/mol. The molecule has 2 amide bonds. The number of urea groups is 1. The van der Waals surface area contributed by atoms with Gasteiger partial charge in [0.25, 0.3) is 0 Å². The number of benzene rings is 2. The van der Waals surface area contributed by atoms with Crippen LogP contribution in [-0.2, 0) is 12.0 Å². The molecule has 1 saturated carbocycles. The van der Waals surface area contributed by atoms with Gasteiger partial charge < -0.3 is 10.6 Å². The highest BCUT2D eigenvalue weighted by Gasteiger charge is 2.45. The lowest BCUT2D eigenvalue weighted by molar-refractivity contribution is 0.236. The first-order valence-electron chi connectivity index (χ1n) is 7.54. The van der Waals surface area contributed by atoms with Crippen molar-refractivity contribution in [1.82, 2.24) is 10.6 Å². The van der Waals surface area contributed by atoms with Crippen molar-refractivity contribution in [3.63, 3.8) is 0 Å². The molecule has 0 aromatic heterocycles. The van der Waals surface area contributed by atoms with E-state index in [9.17, 15) is 4.79 Å². The molecule has 0 saturated heterocycles. The van der Waals surface area contributed by atoms with E-state index in [2.05, 4.69) is 22.8 Å². The summed E-state index contributed by atoms with van der Waals surface area (Å²) in [6, 6.07) is 17.7. The molecule has 3 nitrogen and oxygen atoms in total. The predicted octanol–water partition coefficient (Wildman–Crippen LogP) is 3.87. The average Bonchev–Trinajstić information content (AvgIpc) is 3.31. The predicted molar refractivity (Wildman–Crippen MR) is 89.0 cm³/mol. The number of carbonyl (C=O) groups excluding carboxylic acids is 1. The summed E-state index contributed by atoms with van der Waals surface area (Å²) in [7, 11) is 0. The Labute approximate surface area is 135 Å². The van der Waals surface area contributed by atoms with Gasteiger partial charge in [0.15, 0.2) is 0 Å². The summed E-state index contributed by atoms with van der Waals surface area (Å²) < 4.78 is 0. The van der Waals surface area contributed by atoms with E-state index in [1.54, 1.807) is 0 Å². The maximum absolute atomic E-state index is 12.1. The van der Waals surface area contributed by atoms with E-state index in [0.717, 1.165) is 29.8 Å². The number of hydrogen-bond donors (Lipinski definition) is 2. The number of nitrogens with one attached hydrogen (secondary N) is 2. The van der Waals surface area contributed by atoms with Crippen molar-refractivity contribution in [2.45, 2.75) is 24.8 Å². The maximum atomic E-state index is 12.1. The van der Waals surface area contributed by atoms with Crippen LogP contribution in [-0.4, -0.2) is 12.6 Å². The molecule has 1 aliphatic carbocycles. The molecule has 22 heavy (non-hydrogen) atoms. The third-order valence-electron chi connectivity index (χ3n) is 4.04. The Hall–Kier alpha value is -2.00. The zero-order valence-electron chi connectivity index (χ0n) is 12.3. The molecule has 4 heteroatoms. The number of rotatable bonds is 5. The van der Waals surface area contributed by atoms with E-state index in [-0.39, 0.29) is 11.6 Å². The lowest BCUT2D eigenvalue weighted by atomic mass is 10.1. The highest BCUT2D eigenvalue weighted by Crippen LogP contribution is 2.45. The molecule has 0 spiro atoms. The number of hydrogen-bond acceptors (Lipinski definition) is 1. The SMILES string of the molecule is O=C(NCCc1ccc(Cl)cc1)NC1(c2ccccc2)CC1. The lowest BCUT2D eigenvalue weighted by Crippen LogP contribution is -2.42. The van der Waals surface area contributed by atoms with Gasteiger partial charge in [-0.3, -0.25) is 0 Å². The summed E-state index contributed by atoms with van der Waals surface area (Å²) in [4.78, 5) is 12.1. The Morgan fingerprint density at radius 1 is 1.05 bits per heavy atom. The van der Waals surface area contributed by atoms with E-state index >= 15 is 0 Å². The third-order valence-corrected chi connectivity index (χ3v) is 4.29. The van der Waals surface area contributed by atoms with Crippen LogP contribution in [0.15, 0.2) is 54.6 Å². The Morgan fingerprint density at radius 3 is 2.36 bits per heavy atom. The molecular weight excluding hydrogens is 296 g/mol. The molecular formula is C18H19ClN2O. The number of amides is 2. The summed E-state index contributed by atoms with van der Waals surface area (Å²) in [5.74, 6) is 0. The van der Waals surface area contributed by atoms with Crippen molar-refractivity contribution < 1.29 is 4.79 Å². The fraction of sp³-hybridized carbons (Fsp3) is 0.278. The van der Waals surface area contributed by atoms with Gasteiger partial charge in [-0.2, -0.15) is 0 Å². The molecule has 2 aromatic carbocycles. The first-order valence-corrected chi connectivity index (χ1v) is 7.92. The fourth-order valence-corrected chi connectivity index (χ4v) is 2.73. The van der Waals surface area contributed by atoms with Crippen molar-refractivity contribution in [3.05, 3.63) is 70.7 Å². The molecule has 1 fully saturated rings. The van der Waals surface area contributed by atoms with Gasteiger partial charge in [-0.1, -0.05) is 54.1 Å². The van der Waals surface area contributed by atoms with Crippen LogP contribution >= 0.6 is 11.6 Å². The Balaban J connectivity index is 1.48. The van der Waals surface area contributed by atoms with Gasteiger partial charge in [-0.05, 0) is 42.5 Å². The molecule has 2 N–H and O–H groups in total. The van der Waals surface area contributed by atoms with Crippen LogP contribution in [0, 0.1) is 0 Å². The molecule has 1 aliphatic rings. The van der Waals surface area contributed by atoms with E-state index in [0.29, 0.717) is 6.54 Å². The van der Waals surface area contributed by atoms with E-state index in [4.69, 9.17) is 11.6 Å². The number of halogens is 1. The summed E-state index contributed by atoms with van der Waals surface area (Å²) in [6.07, 6.45) is 2.80. The summed E-state index contributed by atoms with van der Waals surface area (Å²) >= 11 is 5.85. The van der Waals surface area contributed by atoms with E-state index in [1.807, 2.05) is 42.5 Å². The lowest BCUT2D eigenvalue weighted by Gasteiger charge is -2.18. The molecule has 0 atom stereocenters. The van der Waals surface area contributed by atoms with Crippen molar-refractivity contribution in [2.75, 3.05) is 6.54 Å². The van der Waals surface area contributed by atoms with Gasteiger partial charge >= 0.3 is 6.03 Å². The minimum absolute atomic E-state index is 0.102. The summed E-state index contributed by atoms with van der Waals surface area (Å²) in [6.45, 7) is 0.609. The van der Waals surface area contributed by atoms with Crippen molar-refractivity contribution in [2.24, 2.45) is 0 Å². The summed E-state index contributed by atoms with van der Waals surface area (Å²) in [5.41, 5.74) is 2.18. The monoisotopic (exact) mass is 314 g/mol. The minimum Gasteiger partial charge on any atom is -0.338 e. The second kappa shape index (κ2) is 6.41. The second-order valence-corrected chi connectivity index (χ2v) is 6.14. The first kappa shape index (κ1) is 14.9. The second-order valence-electron chi connectivity index (χ2n) is 5.71. The quantitative estimate of drug-likeness (QED) is 0.864. The minimum atomic E-state index is -0.161. The Morgan fingerprint density at radius 2 is 1.73 bits per heavy atom. The van der Waals surface area contributed by atoms with E-state index < -0.39 is 0 Å². The van der Waals surface area contributed by atoms with Gasteiger partial charge in [-0.15, -0.1) is 0 Å². The van der Waals surface area contributed by atoms with Crippen LogP contribution in [0.5, 0.6) is 0 Å². The van der Waals surface area contributed by atoms with Gasteiger partial charge in [0, 0.05) is 11.6 Å². The van der Waals surface area contributed by atoms with Gasteiger partial charge in [0.1, 0.15) is 0 Å². The highest BCUT2D eigenvalue weighted by atomic mass is 35.5. The highest BCUT2D eigenvalue weighted by molar-refractivity contribution is 6.30. The molecule has 3 rings (SSSR count). The zero-order chi connectivity index (χ0) is 15.4. The van der Waals surface area contributed by atoms with Crippen LogP contribution in [0.4, 0.5) is 4.79 Å². The van der Waals surface area contributed by atoms with Crippen molar-refractivity contribution in [1.29, 1.82) is 0 Å². The topological polar surface area (TPSA) is 41.1 Å². The van der Waals surface area contributed by atoms with Crippen LogP contribution in [0.25, 0.3) is 0 Å². The smallest absolute Gasteiger partial charge is 0.315 e. The molecule has 0 bridgehead atoms. The Bertz CT molecular complexity index is 636. The van der Waals surface area contributed by atoms with Gasteiger partial charge in [0.05, 0.1) is 5.54 Å². The molecule has 0 heterocycles. The van der Waals surface area contributed by atoms with Crippen LogP contribution in [0.1, 0.15) is 24.0 Å². The summed E-state index contributed by atoms with van der Waals surface area (Å²) in [5, 5.41) is 6.77. The normalized spacial score (nSPS) is 15.1. The molecule has 0 unspecified atom stereocenters. The first-order chi connectivity index (χ1) is 10.7.